The SMILES string of the molecule is C=Cc1cnc(C)c(C)c1. The highest BCUT2D eigenvalue weighted by Crippen LogP contribution is 2.06. The van der Waals surface area contributed by atoms with E-state index in [9.17, 15) is 0 Å². The average Bonchev–Trinajstić information content (AvgIpc) is 1.95. The van der Waals surface area contributed by atoms with Crippen LogP contribution in [0.4, 0.5) is 0 Å². The molecule has 1 heteroatoms. The van der Waals surface area contributed by atoms with E-state index in [1.807, 2.05) is 13.1 Å². The molecule has 0 N–H and O–H groups in total. The molecule has 0 spiro atoms. The number of aromatic nitrogens is 1. The topological polar surface area (TPSA) is 12.9 Å². The van der Waals surface area contributed by atoms with Crippen molar-refractivity contribution in [3.8, 4) is 0 Å². The van der Waals surface area contributed by atoms with E-state index in [4.69, 9.17) is 0 Å². The number of nitrogens with zero attached hydrogens (tertiary/aromatic N) is 1. The van der Waals surface area contributed by atoms with Crippen molar-refractivity contribution in [2.24, 2.45) is 0 Å². The highest BCUT2D eigenvalue weighted by Gasteiger charge is 1.92. The van der Waals surface area contributed by atoms with Gasteiger partial charge >= 0.3 is 0 Å². The molecule has 0 atom stereocenters. The quantitative estimate of drug-likeness (QED) is 0.573. The van der Waals surface area contributed by atoms with Gasteiger partial charge in [0.15, 0.2) is 0 Å². The predicted octanol–water partition coefficient (Wildman–Crippen LogP) is 2.34. The van der Waals surface area contributed by atoms with E-state index in [0.717, 1.165) is 11.3 Å². The van der Waals surface area contributed by atoms with Crippen LogP contribution in [0.3, 0.4) is 0 Å². The van der Waals surface area contributed by atoms with E-state index in [-0.39, 0.29) is 0 Å². The fourth-order valence-electron chi connectivity index (χ4n) is 0.777. The fourth-order valence-corrected chi connectivity index (χ4v) is 0.777. The predicted molar refractivity (Wildman–Crippen MR) is 43.8 cm³/mol. The van der Waals surface area contributed by atoms with Crippen LogP contribution in [-0.2, 0) is 0 Å². The van der Waals surface area contributed by atoms with Gasteiger partial charge in [-0.3, -0.25) is 4.98 Å². The summed E-state index contributed by atoms with van der Waals surface area (Å²) in [6, 6.07) is 2.08. The largest absolute Gasteiger partial charge is 0.261 e. The minimum absolute atomic E-state index is 1.09. The number of rotatable bonds is 1. The van der Waals surface area contributed by atoms with E-state index in [2.05, 4.69) is 24.6 Å². The zero-order valence-electron chi connectivity index (χ0n) is 6.39. The molecule has 0 aromatic carbocycles. The molecule has 0 saturated carbocycles. The van der Waals surface area contributed by atoms with Gasteiger partial charge in [-0.05, 0) is 31.0 Å². The molecule has 1 aromatic heterocycles. The Hall–Kier alpha value is -1.11. The molecule has 0 unspecified atom stereocenters. The van der Waals surface area contributed by atoms with Gasteiger partial charge < -0.3 is 0 Å². The van der Waals surface area contributed by atoms with Gasteiger partial charge in [0.2, 0.25) is 0 Å². The van der Waals surface area contributed by atoms with Crippen LogP contribution in [0.5, 0.6) is 0 Å². The zero-order valence-corrected chi connectivity index (χ0v) is 6.39. The van der Waals surface area contributed by atoms with Crippen LogP contribution in [0.25, 0.3) is 6.08 Å². The molecule has 0 aliphatic rings. The van der Waals surface area contributed by atoms with E-state index in [1.54, 1.807) is 6.08 Å². The van der Waals surface area contributed by atoms with Crippen molar-refractivity contribution in [1.29, 1.82) is 0 Å². The van der Waals surface area contributed by atoms with Crippen molar-refractivity contribution in [2.45, 2.75) is 13.8 Å². The monoisotopic (exact) mass is 133 g/mol. The minimum atomic E-state index is 1.09. The summed E-state index contributed by atoms with van der Waals surface area (Å²) in [5, 5.41) is 0. The van der Waals surface area contributed by atoms with Gasteiger partial charge in [-0.2, -0.15) is 0 Å². The maximum atomic E-state index is 4.18. The Morgan fingerprint density at radius 3 is 2.70 bits per heavy atom. The fraction of sp³-hybridized carbons (Fsp3) is 0.222. The van der Waals surface area contributed by atoms with Gasteiger partial charge in [-0.15, -0.1) is 0 Å². The second kappa shape index (κ2) is 2.65. The summed E-state index contributed by atoms with van der Waals surface area (Å²) in [6.07, 6.45) is 3.63. The Morgan fingerprint density at radius 1 is 1.50 bits per heavy atom. The van der Waals surface area contributed by atoms with Crippen LogP contribution in [-0.4, -0.2) is 4.98 Å². The molecule has 52 valence electrons. The van der Waals surface area contributed by atoms with Gasteiger partial charge in [-0.1, -0.05) is 12.7 Å². The number of aryl methyl sites for hydroxylation is 2. The molecule has 1 rings (SSSR count). The van der Waals surface area contributed by atoms with Crippen molar-refractivity contribution < 1.29 is 0 Å². The summed E-state index contributed by atoms with van der Waals surface area (Å²) in [5.41, 5.74) is 3.39. The third-order valence-corrected chi connectivity index (χ3v) is 1.60. The van der Waals surface area contributed by atoms with Gasteiger partial charge in [0.25, 0.3) is 0 Å². The van der Waals surface area contributed by atoms with Crippen molar-refractivity contribution in [1.82, 2.24) is 4.98 Å². The molecule has 1 aromatic rings. The summed E-state index contributed by atoms with van der Waals surface area (Å²) >= 11 is 0. The van der Waals surface area contributed by atoms with Gasteiger partial charge in [-0.25, -0.2) is 0 Å². The minimum Gasteiger partial charge on any atom is -0.261 e. The lowest BCUT2D eigenvalue weighted by Gasteiger charge is -1.98. The van der Waals surface area contributed by atoms with Crippen LogP contribution in [0.15, 0.2) is 18.8 Å². The van der Waals surface area contributed by atoms with E-state index < -0.39 is 0 Å². The molecular formula is C9H11N. The number of pyridine rings is 1. The maximum absolute atomic E-state index is 4.18. The first-order valence-electron chi connectivity index (χ1n) is 3.29. The van der Waals surface area contributed by atoms with Crippen LogP contribution in [0.1, 0.15) is 16.8 Å². The first-order valence-corrected chi connectivity index (χ1v) is 3.29. The lowest BCUT2D eigenvalue weighted by Crippen LogP contribution is -1.86. The van der Waals surface area contributed by atoms with Gasteiger partial charge in [0.05, 0.1) is 0 Å². The molecule has 0 aliphatic carbocycles. The molecule has 1 heterocycles. The Kier molecular flexibility index (Phi) is 1.86. The Labute approximate surface area is 61.4 Å². The van der Waals surface area contributed by atoms with Gasteiger partial charge in [0, 0.05) is 11.9 Å². The second-order valence-electron chi connectivity index (χ2n) is 2.38. The molecule has 1 nitrogen and oxygen atoms in total. The number of hydrogen-bond donors (Lipinski definition) is 0. The highest BCUT2D eigenvalue weighted by atomic mass is 14.7. The third kappa shape index (κ3) is 1.24. The lowest BCUT2D eigenvalue weighted by molar-refractivity contribution is 1.14. The Balaban J connectivity index is 3.16. The molecular weight excluding hydrogens is 122 g/mol. The number of hydrogen-bond acceptors (Lipinski definition) is 1. The van der Waals surface area contributed by atoms with E-state index in [1.165, 1.54) is 5.56 Å². The summed E-state index contributed by atoms with van der Waals surface area (Å²) in [4.78, 5) is 4.18. The summed E-state index contributed by atoms with van der Waals surface area (Å²) in [5.74, 6) is 0. The lowest BCUT2D eigenvalue weighted by atomic mass is 10.2. The van der Waals surface area contributed by atoms with Crippen molar-refractivity contribution in [3.05, 3.63) is 35.7 Å². The molecule has 0 bridgehead atoms. The second-order valence-corrected chi connectivity index (χ2v) is 2.38. The van der Waals surface area contributed by atoms with Gasteiger partial charge in [0.1, 0.15) is 0 Å². The van der Waals surface area contributed by atoms with Crippen LogP contribution >= 0.6 is 0 Å². The Bertz CT molecular complexity index is 251. The van der Waals surface area contributed by atoms with Crippen LogP contribution < -0.4 is 0 Å². The average molecular weight is 133 g/mol. The van der Waals surface area contributed by atoms with Crippen LogP contribution in [0.2, 0.25) is 0 Å². The van der Waals surface area contributed by atoms with E-state index >= 15 is 0 Å². The summed E-state index contributed by atoms with van der Waals surface area (Å²) in [7, 11) is 0. The zero-order chi connectivity index (χ0) is 7.56. The third-order valence-electron chi connectivity index (χ3n) is 1.60. The van der Waals surface area contributed by atoms with Crippen molar-refractivity contribution in [3.63, 3.8) is 0 Å². The maximum Gasteiger partial charge on any atom is 0.0402 e. The molecule has 0 fully saturated rings. The smallest absolute Gasteiger partial charge is 0.0402 e. The first-order chi connectivity index (χ1) is 4.74. The van der Waals surface area contributed by atoms with Crippen LogP contribution in [0, 0.1) is 13.8 Å². The standard InChI is InChI=1S/C9H11N/c1-4-9-5-7(2)8(3)10-6-9/h4-6H,1H2,2-3H3. The van der Waals surface area contributed by atoms with E-state index in [0.29, 0.717) is 0 Å². The van der Waals surface area contributed by atoms with Crippen molar-refractivity contribution >= 4 is 6.08 Å². The molecule has 0 saturated heterocycles. The Morgan fingerprint density at radius 2 is 2.20 bits per heavy atom. The van der Waals surface area contributed by atoms with Crippen molar-refractivity contribution in [2.75, 3.05) is 0 Å². The summed E-state index contributed by atoms with van der Waals surface area (Å²) in [6.45, 7) is 7.71. The highest BCUT2D eigenvalue weighted by molar-refractivity contribution is 5.46. The molecule has 10 heavy (non-hydrogen) atoms. The molecule has 0 radical (unpaired) electrons. The summed E-state index contributed by atoms with van der Waals surface area (Å²) < 4.78 is 0. The molecule has 0 aliphatic heterocycles. The first kappa shape index (κ1) is 7.00. The normalized spacial score (nSPS) is 9.40. The molecule has 0 amide bonds.